The molecule has 4 rings (SSSR count). The van der Waals surface area contributed by atoms with Crippen LogP contribution in [-0.2, 0) is 7.05 Å². The first-order valence-electron chi connectivity index (χ1n) is 8.52. The van der Waals surface area contributed by atoms with Gasteiger partial charge in [0.1, 0.15) is 34.9 Å². The molecule has 146 valence electrons. The number of nitrogens with one attached hydrogen (secondary N) is 3. The molecule has 0 aliphatic heterocycles. The van der Waals surface area contributed by atoms with Gasteiger partial charge >= 0.3 is 0 Å². The average molecular weight is 389 g/mol. The number of fused-ring (bicyclic) bond motifs is 1. The van der Waals surface area contributed by atoms with E-state index in [9.17, 15) is 18.4 Å². The van der Waals surface area contributed by atoms with Crippen molar-refractivity contribution in [2.75, 3.05) is 17.7 Å². The summed E-state index contributed by atoms with van der Waals surface area (Å²) in [5, 5.41) is 12.4. The Morgan fingerprint density at radius 2 is 2.11 bits per heavy atom. The van der Waals surface area contributed by atoms with Gasteiger partial charge in [-0.15, -0.1) is 0 Å². The largest absolute Gasteiger partial charge is 0.373 e. The molecule has 1 fully saturated rings. The van der Waals surface area contributed by atoms with Crippen molar-refractivity contribution < 1.29 is 13.6 Å². The maximum atomic E-state index is 13.7. The van der Waals surface area contributed by atoms with Crippen molar-refractivity contribution in [3.8, 4) is 0 Å². The van der Waals surface area contributed by atoms with Crippen molar-refractivity contribution in [2.24, 2.45) is 7.05 Å². The first-order chi connectivity index (χ1) is 13.4. The zero-order chi connectivity index (χ0) is 20.0. The zero-order valence-corrected chi connectivity index (χ0v) is 15.0. The van der Waals surface area contributed by atoms with Gasteiger partial charge in [0.05, 0.1) is 12.2 Å². The van der Waals surface area contributed by atoms with Gasteiger partial charge in [-0.25, -0.2) is 13.8 Å². The van der Waals surface area contributed by atoms with Gasteiger partial charge in [0.2, 0.25) is 0 Å². The van der Waals surface area contributed by atoms with Crippen LogP contribution in [0.4, 0.5) is 26.1 Å². The van der Waals surface area contributed by atoms with Crippen LogP contribution in [0.1, 0.15) is 16.8 Å². The van der Waals surface area contributed by atoms with Crippen molar-refractivity contribution in [3.05, 3.63) is 46.3 Å². The summed E-state index contributed by atoms with van der Waals surface area (Å²) in [4.78, 5) is 28.9. The lowest BCUT2D eigenvalue weighted by atomic mass is 10.3. The van der Waals surface area contributed by atoms with E-state index in [1.165, 1.54) is 17.8 Å². The second-order valence-electron chi connectivity index (χ2n) is 6.51. The molecule has 3 N–H and O–H groups in total. The highest BCUT2D eigenvalue weighted by atomic mass is 19.1. The summed E-state index contributed by atoms with van der Waals surface area (Å²) < 4.78 is 29.3. The molecule has 0 saturated heterocycles. The minimum Gasteiger partial charge on any atom is -0.373 e. The Hall–Kier alpha value is -3.50. The predicted octanol–water partition coefficient (Wildman–Crippen LogP) is 1.19. The molecule has 2 atom stereocenters. The molecule has 1 amide bonds. The summed E-state index contributed by atoms with van der Waals surface area (Å²) in [6, 6.07) is 2.12. The van der Waals surface area contributed by atoms with Crippen LogP contribution in [0.5, 0.6) is 0 Å². The molecule has 1 unspecified atom stereocenters. The summed E-state index contributed by atoms with van der Waals surface area (Å²) in [5.41, 5.74) is -0.0871. The molecule has 1 aliphatic rings. The predicted molar refractivity (Wildman–Crippen MR) is 98.2 cm³/mol. The van der Waals surface area contributed by atoms with Gasteiger partial charge < -0.3 is 20.5 Å². The van der Waals surface area contributed by atoms with Gasteiger partial charge in [-0.3, -0.25) is 9.59 Å². The van der Waals surface area contributed by atoms with Crippen molar-refractivity contribution in [1.82, 2.24) is 24.5 Å². The third kappa shape index (κ3) is 3.15. The molecule has 3 aromatic heterocycles. The molecular weight excluding hydrogens is 372 g/mol. The minimum absolute atomic E-state index is 0.00910. The minimum atomic E-state index is -1.03. The fourth-order valence-corrected chi connectivity index (χ4v) is 2.82. The Labute approximate surface area is 157 Å². The first-order valence-corrected chi connectivity index (χ1v) is 8.52. The lowest BCUT2D eigenvalue weighted by Crippen LogP contribution is -2.27. The number of aryl methyl sites for hydroxylation is 1. The van der Waals surface area contributed by atoms with E-state index in [-0.39, 0.29) is 29.1 Å². The monoisotopic (exact) mass is 389 g/mol. The highest BCUT2D eigenvalue weighted by molar-refractivity contribution is 6.00. The van der Waals surface area contributed by atoms with Crippen molar-refractivity contribution in [2.45, 2.75) is 18.6 Å². The summed E-state index contributed by atoms with van der Waals surface area (Å²) in [6.07, 6.45) is 1.65. The molecule has 3 aromatic rings. The summed E-state index contributed by atoms with van der Waals surface area (Å²) in [6.45, 7) is 0. The van der Waals surface area contributed by atoms with Gasteiger partial charge in [-0.2, -0.15) is 9.61 Å². The van der Waals surface area contributed by atoms with Crippen LogP contribution >= 0.6 is 0 Å². The number of carbonyl (C=O) groups is 1. The van der Waals surface area contributed by atoms with E-state index in [1.54, 1.807) is 13.1 Å². The molecule has 9 nitrogen and oxygen atoms in total. The van der Waals surface area contributed by atoms with E-state index in [0.29, 0.717) is 5.82 Å². The standard InChI is InChI=1S/C17H17F2N7O2/c1-20-14-5-13(22-12-3-8(18)7-25(2)17(12)28)24-15-9(6-21-26(14)15)16(27)23-11-4-10(11)19/h3,5-7,10-11,20H,4H2,1-2H3,(H,22,24)(H,23,27)/t10-,11?/m0/s1. The average Bonchev–Trinajstić information content (AvgIpc) is 3.16. The maximum Gasteiger partial charge on any atom is 0.274 e. The van der Waals surface area contributed by atoms with Crippen LogP contribution in [-0.4, -0.2) is 44.3 Å². The summed E-state index contributed by atoms with van der Waals surface area (Å²) in [7, 11) is 3.08. The molecule has 28 heavy (non-hydrogen) atoms. The molecule has 0 bridgehead atoms. The van der Waals surface area contributed by atoms with Crippen molar-refractivity contribution in [1.29, 1.82) is 0 Å². The van der Waals surface area contributed by atoms with Crippen LogP contribution < -0.4 is 21.5 Å². The van der Waals surface area contributed by atoms with E-state index in [4.69, 9.17) is 0 Å². The molecule has 1 saturated carbocycles. The third-order valence-electron chi connectivity index (χ3n) is 4.41. The van der Waals surface area contributed by atoms with Crippen LogP contribution in [0.25, 0.3) is 5.65 Å². The zero-order valence-electron chi connectivity index (χ0n) is 15.0. The Balaban J connectivity index is 1.74. The fraction of sp³-hybridized carbons (Fsp3) is 0.294. The second kappa shape index (κ2) is 6.59. The fourth-order valence-electron chi connectivity index (χ4n) is 2.82. The number of amides is 1. The molecule has 3 heterocycles. The quantitative estimate of drug-likeness (QED) is 0.606. The smallest absolute Gasteiger partial charge is 0.274 e. The number of hydrogen-bond donors (Lipinski definition) is 3. The number of rotatable bonds is 5. The SMILES string of the molecule is CNc1cc(Nc2cc(F)cn(C)c2=O)nc2c(C(=O)NC3C[C@@H]3F)cnn12. The normalized spacial score (nSPS) is 18.1. The second-order valence-corrected chi connectivity index (χ2v) is 6.51. The van der Waals surface area contributed by atoms with Crippen molar-refractivity contribution in [3.63, 3.8) is 0 Å². The van der Waals surface area contributed by atoms with Crippen LogP contribution in [0.2, 0.25) is 0 Å². The number of pyridine rings is 1. The number of hydrogen-bond acceptors (Lipinski definition) is 6. The number of nitrogens with zero attached hydrogens (tertiary/aromatic N) is 4. The number of halogens is 2. The van der Waals surface area contributed by atoms with Crippen LogP contribution in [0, 0.1) is 5.82 Å². The van der Waals surface area contributed by atoms with E-state index in [2.05, 4.69) is 26.0 Å². The van der Waals surface area contributed by atoms with E-state index < -0.39 is 29.5 Å². The molecule has 0 radical (unpaired) electrons. The highest BCUT2D eigenvalue weighted by Gasteiger charge is 2.39. The van der Waals surface area contributed by atoms with Gasteiger partial charge in [-0.1, -0.05) is 0 Å². The Morgan fingerprint density at radius 3 is 2.79 bits per heavy atom. The molecule has 0 spiro atoms. The molecule has 11 heteroatoms. The number of anilines is 3. The highest BCUT2D eigenvalue weighted by Crippen LogP contribution is 2.26. The van der Waals surface area contributed by atoms with Gasteiger partial charge in [0.25, 0.3) is 11.5 Å². The summed E-state index contributed by atoms with van der Waals surface area (Å²) in [5.74, 6) is -0.388. The molecule has 1 aliphatic carbocycles. The van der Waals surface area contributed by atoms with Gasteiger partial charge in [-0.05, 0) is 0 Å². The van der Waals surface area contributed by atoms with Gasteiger partial charge in [0.15, 0.2) is 5.65 Å². The van der Waals surface area contributed by atoms with Crippen molar-refractivity contribution >= 4 is 28.9 Å². The maximum absolute atomic E-state index is 13.7. The number of alkyl halides is 1. The first kappa shape index (κ1) is 17.9. The Kier molecular flexibility index (Phi) is 4.21. The van der Waals surface area contributed by atoms with Crippen LogP contribution in [0.15, 0.2) is 29.3 Å². The van der Waals surface area contributed by atoms with Crippen LogP contribution in [0.3, 0.4) is 0 Å². The summed E-state index contributed by atoms with van der Waals surface area (Å²) >= 11 is 0. The van der Waals surface area contributed by atoms with E-state index >= 15 is 0 Å². The lowest BCUT2D eigenvalue weighted by Gasteiger charge is -2.11. The topological polar surface area (TPSA) is 105 Å². The Morgan fingerprint density at radius 1 is 1.36 bits per heavy atom. The lowest BCUT2D eigenvalue weighted by molar-refractivity contribution is 0.0949. The van der Waals surface area contributed by atoms with E-state index in [1.807, 2.05) is 0 Å². The number of carbonyl (C=O) groups excluding carboxylic acids is 1. The van der Waals surface area contributed by atoms with Gasteiger partial charge in [0, 0.05) is 38.8 Å². The molecule has 0 aromatic carbocycles. The third-order valence-corrected chi connectivity index (χ3v) is 4.41. The molecular formula is C17H17F2N7O2. The Bertz CT molecular complexity index is 1140. The van der Waals surface area contributed by atoms with E-state index in [0.717, 1.165) is 16.8 Å². The number of aromatic nitrogens is 4.